The molecule has 0 atom stereocenters. The molecule has 0 spiro atoms. The Morgan fingerprint density at radius 1 is 1.48 bits per heavy atom. The van der Waals surface area contributed by atoms with Gasteiger partial charge < -0.3 is 9.88 Å². The van der Waals surface area contributed by atoms with Crippen LogP contribution in [0, 0.1) is 10.1 Å². The van der Waals surface area contributed by atoms with Crippen molar-refractivity contribution in [3.05, 3.63) is 61.1 Å². The summed E-state index contributed by atoms with van der Waals surface area (Å²) >= 11 is 3.17. The third-order valence-electron chi connectivity index (χ3n) is 2.77. The molecule has 0 amide bonds. The average Bonchev–Trinajstić information content (AvgIpc) is 2.44. The van der Waals surface area contributed by atoms with Crippen LogP contribution in [0.1, 0.15) is 12.5 Å². The van der Waals surface area contributed by atoms with Crippen LogP contribution >= 0.6 is 15.9 Å². The number of nitrogens with one attached hydrogen (secondary N) is 1. The molecular formula is C13H13BrN4O3. The van der Waals surface area contributed by atoms with Crippen LogP contribution in [0.3, 0.4) is 0 Å². The minimum absolute atomic E-state index is 0.221. The fourth-order valence-electron chi connectivity index (χ4n) is 1.83. The number of nitrogens with zero attached hydrogens (tertiary/aromatic N) is 3. The van der Waals surface area contributed by atoms with Crippen molar-refractivity contribution < 1.29 is 4.92 Å². The highest BCUT2D eigenvalue weighted by Crippen LogP contribution is 2.15. The van der Waals surface area contributed by atoms with Crippen molar-refractivity contribution in [2.45, 2.75) is 13.5 Å². The Hall–Kier alpha value is -2.22. The molecule has 110 valence electrons. The predicted molar refractivity (Wildman–Crippen MR) is 82.6 cm³/mol. The topological polar surface area (TPSA) is 90.1 Å². The Bertz CT molecular complexity index is 712. The van der Waals surface area contributed by atoms with Gasteiger partial charge in [0.2, 0.25) is 0 Å². The molecule has 0 aliphatic rings. The maximum atomic E-state index is 12.0. The van der Waals surface area contributed by atoms with Crippen molar-refractivity contribution in [1.29, 1.82) is 0 Å². The highest BCUT2D eigenvalue weighted by Gasteiger charge is 2.16. The maximum Gasteiger partial charge on any atom is 0.335 e. The van der Waals surface area contributed by atoms with E-state index in [4.69, 9.17) is 0 Å². The van der Waals surface area contributed by atoms with Crippen molar-refractivity contribution in [1.82, 2.24) is 9.55 Å². The van der Waals surface area contributed by atoms with Crippen LogP contribution in [0.2, 0.25) is 0 Å². The summed E-state index contributed by atoms with van der Waals surface area (Å²) in [4.78, 5) is 26.4. The normalized spacial score (nSPS) is 10.4. The van der Waals surface area contributed by atoms with Gasteiger partial charge in [-0.25, -0.2) is 4.98 Å². The van der Waals surface area contributed by atoms with Crippen molar-refractivity contribution in [2.24, 2.45) is 0 Å². The van der Waals surface area contributed by atoms with Crippen LogP contribution in [0.15, 0.2) is 39.9 Å². The fraction of sp³-hybridized carbons (Fsp3) is 0.231. The summed E-state index contributed by atoms with van der Waals surface area (Å²) in [6.07, 6.45) is 3.16. The third kappa shape index (κ3) is 3.66. The first kappa shape index (κ1) is 15.2. The van der Waals surface area contributed by atoms with E-state index in [-0.39, 0.29) is 6.54 Å². The van der Waals surface area contributed by atoms with Crippen molar-refractivity contribution >= 4 is 27.4 Å². The van der Waals surface area contributed by atoms with Gasteiger partial charge in [-0.05, 0) is 34.5 Å². The molecule has 2 rings (SSSR count). The van der Waals surface area contributed by atoms with Gasteiger partial charge in [0, 0.05) is 29.5 Å². The standard InChI is InChI=1S/C13H13BrN4O3/c1-2-15-12-4-3-9(6-16-12)7-17-8-10(14)5-11(13(17)19)18(20)21/h3-6,8H,2,7H2,1H3,(H,15,16). The van der Waals surface area contributed by atoms with Gasteiger partial charge in [-0.2, -0.15) is 0 Å². The molecule has 0 aliphatic carbocycles. The highest BCUT2D eigenvalue weighted by molar-refractivity contribution is 9.10. The van der Waals surface area contributed by atoms with E-state index in [1.54, 1.807) is 12.3 Å². The van der Waals surface area contributed by atoms with Crippen molar-refractivity contribution in [3.8, 4) is 0 Å². The van der Waals surface area contributed by atoms with Crippen molar-refractivity contribution in [3.63, 3.8) is 0 Å². The van der Waals surface area contributed by atoms with E-state index in [2.05, 4.69) is 26.2 Å². The minimum Gasteiger partial charge on any atom is -0.370 e. The lowest BCUT2D eigenvalue weighted by atomic mass is 10.2. The SMILES string of the molecule is CCNc1ccc(Cn2cc(Br)cc([N+](=O)[O-])c2=O)cn1. The average molecular weight is 353 g/mol. The van der Waals surface area contributed by atoms with Gasteiger partial charge in [-0.3, -0.25) is 14.9 Å². The number of hydrogen-bond donors (Lipinski definition) is 1. The molecule has 7 nitrogen and oxygen atoms in total. The second-order valence-electron chi connectivity index (χ2n) is 4.32. The van der Waals surface area contributed by atoms with Crippen LogP contribution in [-0.4, -0.2) is 21.0 Å². The van der Waals surface area contributed by atoms with Crippen LogP contribution in [0.5, 0.6) is 0 Å². The molecule has 0 unspecified atom stereocenters. The zero-order chi connectivity index (χ0) is 15.4. The first-order valence-electron chi connectivity index (χ1n) is 6.24. The molecule has 8 heteroatoms. The predicted octanol–water partition coefficient (Wildman–Crippen LogP) is 2.39. The molecule has 0 saturated heterocycles. The van der Waals surface area contributed by atoms with Gasteiger partial charge in [-0.15, -0.1) is 0 Å². The van der Waals surface area contributed by atoms with Gasteiger partial charge in [0.1, 0.15) is 5.82 Å². The van der Waals surface area contributed by atoms with Crippen LogP contribution < -0.4 is 10.9 Å². The maximum absolute atomic E-state index is 12.0. The van der Waals surface area contributed by atoms with Gasteiger partial charge in [0.15, 0.2) is 0 Å². The number of pyridine rings is 2. The fourth-order valence-corrected chi connectivity index (χ4v) is 2.30. The van der Waals surface area contributed by atoms with Gasteiger partial charge in [0.05, 0.1) is 11.5 Å². The Balaban J connectivity index is 2.31. The summed E-state index contributed by atoms with van der Waals surface area (Å²) in [5.41, 5.74) is -0.313. The minimum atomic E-state index is -0.684. The summed E-state index contributed by atoms with van der Waals surface area (Å²) in [6, 6.07) is 4.83. The van der Waals surface area contributed by atoms with Crippen LogP contribution in [0.25, 0.3) is 0 Å². The lowest BCUT2D eigenvalue weighted by Gasteiger charge is -2.07. The zero-order valence-corrected chi connectivity index (χ0v) is 12.8. The van der Waals surface area contributed by atoms with E-state index in [9.17, 15) is 14.9 Å². The molecular weight excluding hydrogens is 340 g/mol. The number of anilines is 1. The summed E-state index contributed by atoms with van der Waals surface area (Å²) < 4.78 is 1.76. The largest absolute Gasteiger partial charge is 0.370 e. The Morgan fingerprint density at radius 2 is 2.24 bits per heavy atom. The van der Waals surface area contributed by atoms with E-state index >= 15 is 0 Å². The van der Waals surface area contributed by atoms with E-state index in [0.29, 0.717) is 4.47 Å². The summed E-state index contributed by atoms with van der Waals surface area (Å²) in [7, 11) is 0. The molecule has 0 aromatic carbocycles. The lowest BCUT2D eigenvalue weighted by molar-refractivity contribution is -0.386. The Kier molecular flexibility index (Phi) is 4.69. The van der Waals surface area contributed by atoms with Crippen molar-refractivity contribution in [2.75, 3.05) is 11.9 Å². The number of halogens is 1. The Labute approximate surface area is 128 Å². The lowest BCUT2D eigenvalue weighted by Crippen LogP contribution is -2.22. The summed E-state index contributed by atoms with van der Waals surface area (Å²) in [6.45, 7) is 2.96. The molecule has 2 aromatic heterocycles. The van der Waals surface area contributed by atoms with Crippen LogP contribution in [-0.2, 0) is 6.54 Å². The highest BCUT2D eigenvalue weighted by atomic mass is 79.9. The molecule has 0 bridgehead atoms. The molecule has 0 radical (unpaired) electrons. The zero-order valence-electron chi connectivity index (χ0n) is 11.2. The molecule has 0 saturated carbocycles. The second kappa shape index (κ2) is 6.49. The molecule has 0 fully saturated rings. The summed E-state index contributed by atoms with van der Waals surface area (Å²) in [5.74, 6) is 0.744. The smallest absolute Gasteiger partial charge is 0.335 e. The molecule has 21 heavy (non-hydrogen) atoms. The van der Waals surface area contributed by atoms with E-state index in [1.165, 1.54) is 16.8 Å². The second-order valence-corrected chi connectivity index (χ2v) is 5.23. The first-order chi connectivity index (χ1) is 10.0. The quantitative estimate of drug-likeness (QED) is 0.659. The van der Waals surface area contributed by atoms with Gasteiger partial charge >= 0.3 is 11.2 Å². The monoisotopic (exact) mass is 352 g/mol. The van der Waals surface area contributed by atoms with E-state index < -0.39 is 16.2 Å². The number of aromatic nitrogens is 2. The molecule has 2 aromatic rings. The third-order valence-corrected chi connectivity index (χ3v) is 3.20. The molecule has 1 N–H and O–H groups in total. The van der Waals surface area contributed by atoms with E-state index in [1.807, 2.05) is 13.0 Å². The Morgan fingerprint density at radius 3 is 2.81 bits per heavy atom. The number of hydrogen-bond acceptors (Lipinski definition) is 5. The summed E-state index contributed by atoms with van der Waals surface area (Å²) in [5, 5.41) is 13.9. The number of rotatable bonds is 5. The van der Waals surface area contributed by atoms with E-state index in [0.717, 1.165) is 17.9 Å². The van der Waals surface area contributed by atoms with Crippen LogP contribution in [0.4, 0.5) is 11.5 Å². The molecule has 0 aliphatic heterocycles. The number of nitro groups is 1. The molecule has 2 heterocycles. The first-order valence-corrected chi connectivity index (χ1v) is 7.03. The van der Waals surface area contributed by atoms with Gasteiger partial charge in [-0.1, -0.05) is 6.07 Å². The van der Waals surface area contributed by atoms with Gasteiger partial charge in [0.25, 0.3) is 0 Å².